The molecule has 2 aliphatic rings. The lowest BCUT2D eigenvalue weighted by Crippen LogP contribution is -2.48. The predicted molar refractivity (Wildman–Crippen MR) is 71.4 cm³/mol. The van der Waals surface area contributed by atoms with E-state index in [1.807, 2.05) is 6.92 Å². The van der Waals surface area contributed by atoms with Gasteiger partial charge < -0.3 is 15.4 Å². The van der Waals surface area contributed by atoms with Gasteiger partial charge in [0.15, 0.2) is 0 Å². The maximum Gasteiger partial charge on any atom is 0.249 e. The average Bonchev–Trinajstić information content (AvgIpc) is 2.84. The van der Waals surface area contributed by atoms with Gasteiger partial charge in [0.05, 0.1) is 6.10 Å². The Balaban J connectivity index is 1.75. The molecule has 1 saturated heterocycles. The molecule has 0 bridgehead atoms. The number of hydrogen-bond acceptors (Lipinski definition) is 3. The molecule has 104 valence electrons. The lowest BCUT2D eigenvalue weighted by Gasteiger charge is -2.32. The van der Waals surface area contributed by atoms with Crippen LogP contribution in [0.4, 0.5) is 0 Å². The molecule has 2 fully saturated rings. The first-order valence-corrected chi connectivity index (χ1v) is 7.36. The molecule has 2 N–H and O–H groups in total. The summed E-state index contributed by atoms with van der Waals surface area (Å²) < 4.78 is 5.90. The normalized spacial score (nSPS) is 31.2. The summed E-state index contributed by atoms with van der Waals surface area (Å²) in [4.78, 5) is 12.0. The fraction of sp³-hybridized carbons (Fsp3) is 0.929. The molecular weight excluding hydrogens is 228 g/mol. The van der Waals surface area contributed by atoms with Gasteiger partial charge in [-0.15, -0.1) is 0 Å². The summed E-state index contributed by atoms with van der Waals surface area (Å²) in [5, 5.41) is 6.49. The zero-order valence-electron chi connectivity index (χ0n) is 11.6. The lowest BCUT2D eigenvalue weighted by atomic mass is 10.0. The number of carbonyl (C=O) groups is 1. The summed E-state index contributed by atoms with van der Waals surface area (Å²) in [5.41, 5.74) is 0. The molecule has 0 radical (unpaired) electrons. The topological polar surface area (TPSA) is 50.4 Å². The fourth-order valence-corrected chi connectivity index (χ4v) is 2.91. The highest BCUT2D eigenvalue weighted by atomic mass is 16.5. The van der Waals surface area contributed by atoms with E-state index in [4.69, 9.17) is 4.74 Å². The van der Waals surface area contributed by atoms with E-state index in [0.717, 1.165) is 32.2 Å². The molecule has 0 spiro atoms. The van der Waals surface area contributed by atoms with Gasteiger partial charge in [-0.25, -0.2) is 0 Å². The Labute approximate surface area is 110 Å². The smallest absolute Gasteiger partial charge is 0.249 e. The van der Waals surface area contributed by atoms with Crippen LogP contribution in [0.1, 0.15) is 52.4 Å². The second-order valence-electron chi connectivity index (χ2n) is 5.69. The van der Waals surface area contributed by atoms with Crippen molar-refractivity contribution in [3.63, 3.8) is 0 Å². The molecular formula is C14H26N2O2. The molecule has 4 heteroatoms. The van der Waals surface area contributed by atoms with Crippen molar-refractivity contribution in [1.82, 2.24) is 10.6 Å². The standard InChI is InChI=1S/C14H26N2O2/c1-10-13(8-5-9-15-10)18-11(2)14(17)16-12-6-3-4-7-12/h10-13,15H,3-9H2,1-2H3,(H,16,17). The fourth-order valence-electron chi connectivity index (χ4n) is 2.91. The van der Waals surface area contributed by atoms with Gasteiger partial charge in [-0.2, -0.15) is 0 Å². The first-order valence-electron chi connectivity index (χ1n) is 7.36. The van der Waals surface area contributed by atoms with Gasteiger partial charge in [0.2, 0.25) is 5.91 Å². The van der Waals surface area contributed by atoms with E-state index in [0.29, 0.717) is 12.1 Å². The first-order chi connectivity index (χ1) is 8.66. The Morgan fingerprint density at radius 2 is 2.00 bits per heavy atom. The van der Waals surface area contributed by atoms with Crippen LogP contribution >= 0.6 is 0 Å². The summed E-state index contributed by atoms with van der Waals surface area (Å²) >= 11 is 0. The Morgan fingerprint density at radius 3 is 2.67 bits per heavy atom. The van der Waals surface area contributed by atoms with E-state index < -0.39 is 0 Å². The Hall–Kier alpha value is -0.610. The van der Waals surface area contributed by atoms with Gasteiger partial charge in [0.1, 0.15) is 6.10 Å². The quantitative estimate of drug-likeness (QED) is 0.801. The third-order valence-corrected chi connectivity index (χ3v) is 4.14. The van der Waals surface area contributed by atoms with E-state index in [2.05, 4.69) is 17.6 Å². The number of nitrogens with one attached hydrogen (secondary N) is 2. The molecule has 3 unspecified atom stereocenters. The Bertz CT molecular complexity index is 277. The maximum atomic E-state index is 12.0. The highest BCUT2D eigenvalue weighted by Crippen LogP contribution is 2.18. The molecule has 4 nitrogen and oxygen atoms in total. The van der Waals surface area contributed by atoms with Crippen LogP contribution in [-0.4, -0.2) is 36.7 Å². The van der Waals surface area contributed by atoms with Crippen molar-refractivity contribution in [2.75, 3.05) is 6.54 Å². The van der Waals surface area contributed by atoms with Crippen molar-refractivity contribution in [3.05, 3.63) is 0 Å². The van der Waals surface area contributed by atoms with Gasteiger partial charge >= 0.3 is 0 Å². The molecule has 3 atom stereocenters. The van der Waals surface area contributed by atoms with Gasteiger partial charge in [-0.1, -0.05) is 12.8 Å². The highest BCUT2D eigenvalue weighted by molar-refractivity contribution is 5.80. The lowest BCUT2D eigenvalue weighted by molar-refractivity contribution is -0.138. The van der Waals surface area contributed by atoms with Crippen molar-refractivity contribution >= 4 is 5.91 Å². The van der Waals surface area contributed by atoms with Crippen LogP contribution in [0.3, 0.4) is 0 Å². The summed E-state index contributed by atoms with van der Waals surface area (Å²) in [6.07, 6.45) is 6.75. The second-order valence-corrected chi connectivity index (χ2v) is 5.69. The van der Waals surface area contributed by atoms with E-state index in [9.17, 15) is 4.79 Å². The SMILES string of the molecule is CC(OC1CCCNC1C)C(=O)NC1CCCC1. The predicted octanol–water partition coefficient (Wildman–Crippen LogP) is 1.59. The van der Waals surface area contributed by atoms with Crippen LogP contribution in [0, 0.1) is 0 Å². The zero-order chi connectivity index (χ0) is 13.0. The zero-order valence-corrected chi connectivity index (χ0v) is 11.6. The Morgan fingerprint density at radius 1 is 1.28 bits per heavy atom. The third-order valence-electron chi connectivity index (χ3n) is 4.14. The number of ether oxygens (including phenoxy) is 1. The molecule has 18 heavy (non-hydrogen) atoms. The van der Waals surface area contributed by atoms with Crippen LogP contribution in [0.15, 0.2) is 0 Å². The minimum atomic E-state index is -0.335. The minimum absolute atomic E-state index is 0.0553. The highest BCUT2D eigenvalue weighted by Gasteiger charge is 2.27. The van der Waals surface area contributed by atoms with Gasteiger partial charge in [-0.3, -0.25) is 4.79 Å². The molecule has 0 aromatic rings. The summed E-state index contributed by atoms with van der Waals surface area (Å²) in [6.45, 7) is 5.06. The largest absolute Gasteiger partial charge is 0.364 e. The minimum Gasteiger partial charge on any atom is -0.364 e. The molecule has 0 aromatic carbocycles. The molecule has 0 aromatic heterocycles. The average molecular weight is 254 g/mol. The number of amides is 1. The van der Waals surface area contributed by atoms with Crippen molar-refractivity contribution < 1.29 is 9.53 Å². The molecule has 1 amide bonds. The van der Waals surface area contributed by atoms with Crippen LogP contribution < -0.4 is 10.6 Å². The van der Waals surface area contributed by atoms with Gasteiger partial charge in [0.25, 0.3) is 0 Å². The van der Waals surface area contributed by atoms with Gasteiger partial charge in [0, 0.05) is 12.1 Å². The van der Waals surface area contributed by atoms with Crippen LogP contribution in [0.2, 0.25) is 0 Å². The van der Waals surface area contributed by atoms with Crippen LogP contribution in [0.5, 0.6) is 0 Å². The van der Waals surface area contributed by atoms with Crippen molar-refractivity contribution in [2.24, 2.45) is 0 Å². The summed E-state index contributed by atoms with van der Waals surface area (Å²) in [6, 6.07) is 0.728. The first kappa shape index (κ1) is 13.8. The van der Waals surface area contributed by atoms with Crippen molar-refractivity contribution in [1.29, 1.82) is 0 Å². The Kier molecular flexibility index (Phi) is 5.01. The number of rotatable bonds is 4. The van der Waals surface area contributed by atoms with Crippen LogP contribution in [0.25, 0.3) is 0 Å². The number of carbonyl (C=O) groups excluding carboxylic acids is 1. The van der Waals surface area contributed by atoms with E-state index in [1.54, 1.807) is 0 Å². The second kappa shape index (κ2) is 6.53. The van der Waals surface area contributed by atoms with Crippen molar-refractivity contribution in [3.8, 4) is 0 Å². The molecule has 1 heterocycles. The monoisotopic (exact) mass is 254 g/mol. The van der Waals surface area contributed by atoms with E-state index in [1.165, 1.54) is 12.8 Å². The van der Waals surface area contributed by atoms with Crippen LogP contribution in [-0.2, 0) is 9.53 Å². The van der Waals surface area contributed by atoms with E-state index in [-0.39, 0.29) is 18.1 Å². The van der Waals surface area contributed by atoms with E-state index >= 15 is 0 Å². The van der Waals surface area contributed by atoms with Crippen molar-refractivity contribution in [2.45, 2.75) is 76.7 Å². The number of piperidine rings is 1. The molecule has 1 aliphatic heterocycles. The summed E-state index contributed by atoms with van der Waals surface area (Å²) in [7, 11) is 0. The summed E-state index contributed by atoms with van der Waals surface area (Å²) in [5.74, 6) is 0.0553. The molecule has 1 aliphatic carbocycles. The maximum absolute atomic E-state index is 12.0. The number of hydrogen-bond donors (Lipinski definition) is 2. The third kappa shape index (κ3) is 3.69. The molecule has 1 saturated carbocycles. The molecule has 2 rings (SSSR count). The van der Waals surface area contributed by atoms with Gasteiger partial charge in [-0.05, 0) is 46.1 Å².